The van der Waals surface area contributed by atoms with Crippen molar-refractivity contribution in [3.05, 3.63) is 41.0 Å². The molecular weight excluding hydrogens is 286 g/mol. The van der Waals surface area contributed by atoms with Crippen LogP contribution in [0, 0.1) is 0 Å². The van der Waals surface area contributed by atoms with E-state index in [1.54, 1.807) is 0 Å². The van der Waals surface area contributed by atoms with E-state index in [9.17, 15) is 0 Å². The zero-order valence-electron chi connectivity index (χ0n) is 8.64. The molecule has 0 aliphatic heterocycles. The SMILES string of the molecule is Nc1nn(CCSc2ccccc2)cc1Br. The van der Waals surface area contributed by atoms with Crippen molar-refractivity contribution in [2.75, 3.05) is 11.5 Å². The maximum atomic E-state index is 5.64. The number of thioether (sulfide) groups is 1. The van der Waals surface area contributed by atoms with Crippen LogP contribution < -0.4 is 5.73 Å². The van der Waals surface area contributed by atoms with Crippen LogP contribution in [-0.2, 0) is 6.54 Å². The maximum absolute atomic E-state index is 5.64. The van der Waals surface area contributed by atoms with Crippen molar-refractivity contribution in [2.24, 2.45) is 0 Å². The number of nitrogen functional groups attached to an aromatic ring is 1. The Morgan fingerprint density at radius 1 is 1.31 bits per heavy atom. The Morgan fingerprint density at radius 2 is 2.06 bits per heavy atom. The van der Waals surface area contributed by atoms with Gasteiger partial charge in [0.1, 0.15) is 0 Å². The lowest BCUT2D eigenvalue weighted by Gasteiger charge is -2.01. The van der Waals surface area contributed by atoms with Crippen molar-refractivity contribution in [3.8, 4) is 0 Å². The Labute approximate surface area is 107 Å². The molecule has 1 aromatic heterocycles. The van der Waals surface area contributed by atoms with Crippen molar-refractivity contribution < 1.29 is 0 Å². The van der Waals surface area contributed by atoms with Crippen molar-refractivity contribution in [3.63, 3.8) is 0 Å². The minimum absolute atomic E-state index is 0.546. The highest BCUT2D eigenvalue weighted by Gasteiger charge is 2.01. The number of nitrogens with two attached hydrogens (primary N) is 1. The fourth-order valence-corrected chi connectivity index (χ4v) is 2.48. The van der Waals surface area contributed by atoms with Crippen LogP contribution in [0.1, 0.15) is 0 Å². The van der Waals surface area contributed by atoms with E-state index in [1.165, 1.54) is 4.90 Å². The molecule has 0 amide bonds. The third-order valence-electron chi connectivity index (χ3n) is 2.08. The molecule has 0 bridgehead atoms. The summed E-state index contributed by atoms with van der Waals surface area (Å²) in [4.78, 5) is 1.28. The molecule has 2 N–H and O–H groups in total. The number of hydrogen-bond donors (Lipinski definition) is 1. The predicted octanol–water partition coefficient (Wildman–Crippen LogP) is 3.02. The van der Waals surface area contributed by atoms with Crippen LogP contribution in [0.5, 0.6) is 0 Å². The van der Waals surface area contributed by atoms with Crippen LogP contribution in [0.25, 0.3) is 0 Å². The van der Waals surface area contributed by atoms with Gasteiger partial charge >= 0.3 is 0 Å². The summed E-state index contributed by atoms with van der Waals surface area (Å²) in [5, 5.41) is 4.18. The molecule has 1 aromatic carbocycles. The monoisotopic (exact) mass is 297 g/mol. The number of nitrogens with zero attached hydrogens (tertiary/aromatic N) is 2. The van der Waals surface area contributed by atoms with Crippen molar-refractivity contribution in [1.29, 1.82) is 0 Å². The molecular formula is C11H12BrN3S. The van der Waals surface area contributed by atoms with Gasteiger partial charge in [-0.25, -0.2) is 0 Å². The summed E-state index contributed by atoms with van der Waals surface area (Å²) in [6, 6.07) is 10.3. The molecule has 1 heterocycles. The van der Waals surface area contributed by atoms with Crippen LogP contribution >= 0.6 is 27.7 Å². The van der Waals surface area contributed by atoms with Gasteiger partial charge in [-0.05, 0) is 28.1 Å². The number of benzene rings is 1. The van der Waals surface area contributed by atoms with Crippen molar-refractivity contribution >= 4 is 33.5 Å². The third kappa shape index (κ3) is 3.02. The first-order chi connectivity index (χ1) is 7.75. The van der Waals surface area contributed by atoms with Gasteiger partial charge in [0.2, 0.25) is 0 Å². The van der Waals surface area contributed by atoms with E-state index >= 15 is 0 Å². The molecule has 5 heteroatoms. The van der Waals surface area contributed by atoms with E-state index in [0.717, 1.165) is 16.8 Å². The van der Waals surface area contributed by atoms with Crippen molar-refractivity contribution in [2.45, 2.75) is 11.4 Å². The Balaban J connectivity index is 1.84. The van der Waals surface area contributed by atoms with E-state index in [1.807, 2.05) is 40.8 Å². The van der Waals surface area contributed by atoms with Gasteiger partial charge in [0, 0.05) is 16.8 Å². The van der Waals surface area contributed by atoms with E-state index in [4.69, 9.17) is 5.73 Å². The molecule has 84 valence electrons. The number of halogens is 1. The molecule has 0 unspecified atom stereocenters. The zero-order valence-corrected chi connectivity index (χ0v) is 11.0. The fourth-order valence-electron chi connectivity index (χ4n) is 1.30. The molecule has 0 spiro atoms. The Hall–Kier alpha value is -0.940. The van der Waals surface area contributed by atoms with E-state index in [2.05, 4.69) is 33.2 Å². The van der Waals surface area contributed by atoms with Gasteiger partial charge in [-0.1, -0.05) is 18.2 Å². The molecule has 0 aliphatic carbocycles. The number of aryl methyl sites for hydroxylation is 1. The first-order valence-corrected chi connectivity index (χ1v) is 6.70. The van der Waals surface area contributed by atoms with Gasteiger partial charge < -0.3 is 5.73 Å². The summed E-state index contributed by atoms with van der Waals surface area (Å²) in [6.45, 7) is 0.857. The molecule has 16 heavy (non-hydrogen) atoms. The van der Waals surface area contributed by atoms with Gasteiger partial charge in [-0.15, -0.1) is 11.8 Å². The highest BCUT2D eigenvalue weighted by atomic mass is 79.9. The summed E-state index contributed by atoms with van der Waals surface area (Å²) >= 11 is 5.15. The van der Waals surface area contributed by atoms with Gasteiger partial charge in [0.15, 0.2) is 5.82 Å². The average molecular weight is 298 g/mol. The molecule has 3 nitrogen and oxygen atoms in total. The average Bonchev–Trinajstić information content (AvgIpc) is 2.60. The lowest BCUT2D eigenvalue weighted by molar-refractivity contribution is 0.669. The summed E-state index contributed by atoms with van der Waals surface area (Å²) < 4.78 is 2.72. The Morgan fingerprint density at radius 3 is 2.69 bits per heavy atom. The van der Waals surface area contributed by atoms with Crippen LogP contribution in [0.4, 0.5) is 5.82 Å². The standard InChI is InChI=1S/C11H12BrN3S/c12-10-8-15(14-11(10)13)6-7-16-9-4-2-1-3-5-9/h1-5,8H,6-7H2,(H2,13,14). The summed E-state index contributed by atoms with van der Waals surface area (Å²) in [5.41, 5.74) is 5.64. The summed E-state index contributed by atoms with van der Waals surface area (Å²) in [7, 11) is 0. The third-order valence-corrected chi connectivity index (χ3v) is 3.68. The normalized spacial score (nSPS) is 10.6. The molecule has 0 radical (unpaired) electrons. The molecule has 0 saturated heterocycles. The second-order valence-corrected chi connectivity index (χ2v) is 5.31. The van der Waals surface area contributed by atoms with Crippen LogP contribution in [0.2, 0.25) is 0 Å². The molecule has 2 rings (SSSR count). The topological polar surface area (TPSA) is 43.8 Å². The maximum Gasteiger partial charge on any atom is 0.159 e. The van der Waals surface area contributed by atoms with Crippen LogP contribution in [0.15, 0.2) is 45.9 Å². The molecule has 0 fully saturated rings. The molecule has 0 aliphatic rings. The highest BCUT2D eigenvalue weighted by Crippen LogP contribution is 2.19. The van der Waals surface area contributed by atoms with Crippen LogP contribution in [-0.4, -0.2) is 15.5 Å². The second kappa shape index (κ2) is 5.41. The first kappa shape index (κ1) is 11.5. The molecule has 0 atom stereocenters. The van der Waals surface area contributed by atoms with Gasteiger partial charge in [-0.2, -0.15) is 5.10 Å². The molecule has 2 aromatic rings. The quantitative estimate of drug-likeness (QED) is 0.882. The second-order valence-electron chi connectivity index (χ2n) is 3.29. The predicted molar refractivity (Wildman–Crippen MR) is 71.5 cm³/mol. The zero-order chi connectivity index (χ0) is 11.4. The van der Waals surface area contributed by atoms with Crippen LogP contribution in [0.3, 0.4) is 0 Å². The van der Waals surface area contributed by atoms with E-state index < -0.39 is 0 Å². The highest BCUT2D eigenvalue weighted by molar-refractivity contribution is 9.10. The Bertz CT molecular complexity index is 436. The van der Waals surface area contributed by atoms with Gasteiger partial charge in [-0.3, -0.25) is 4.68 Å². The fraction of sp³-hybridized carbons (Fsp3) is 0.182. The van der Waals surface area contributed by atoms with Crippen molar-refractivity contribution in [1.82, 2.24) is 9.78 Å². The summed E-state index contributed by atoms with van der Waals surface area (Å²) in [5.74, 6) is 1.53. The molecule has 0 saturated carbocycles. The number of aromatic nitrogens is 2. The van der Waals surface area contributed by atoms with E-state index in [0.29, 0.717) is 5.82 Å². The lowest BCUT2D eigenvalue weighted by atomic mass is 10.4. The number of hydrogen-bond acceptors (Lipinski definition) is 3. The van der Waals surface area contributed by atoms with Gasteiger partial charge in [0.25, 0.3) is 0 Å². The minimum atomic E-state index is 0.546. The largest absolute Gasteiger partial charge is 0.381 e. The van der Waals surface area contributed by atoms with Gasteiger partial charge in [0.05, 0.1) is 11.0 Å². The van der Waals surface area contributed by atoms with E-state index in [-0.39, 0.29) is 0 Å². The lowest BCUT2D eigenvalue weighted by Crippen LogP contribution is -2.01. The minimum Gasteiger partial charge on any atom is -0.381 e. The number of rotatable bonds is 4. The smallest absolute Gasteiger partial charge is 0.159 e. The summed E-state index contributed by atoms with van der Waals surface area (Å²) in [6.07, 6.45) is 1.90. The Kier molecular flexibility index (Phi) is 3.90. The number of anilines is 1. The first-order valence-electron chi connectivity index (χ1n) is 4.92.